The first-order chi connectivity index (χ1) is 26.0. The highest BCUT2D eigenvalue weighted by atomic mass is 31.3. The van der Waals surface area contributed by atoms with Gasteiger partial charge in [-0.3, -0.25) is 37.6 Å². The molecule has 0 amide bonds. The number of aliphatic hydroxyl groups is 2. The van der Waals surface area contributed by atoms with Gasteiger partial charge in [-0.1, -0.05) is 0 Å². The maximum Gasteiger partial charge on any atom is 0.483 e. The molecule has 26 nitrogen and oxygen atoms in total. The number of esters is 5. The molecule has 3 rings (SSSR count). The molecule has 0 aliphatic carbocycles. The first-order valence-electron chi connectivity index (χ1n) is 16.1. The summed E-state index contributed by atoms with van der Waals surface area (Å²) in [4.78, 5) is 92.2. The van der Waals surface area contributed by atoms with Crippen molar-refractivity contribution in [2.75, 3.05) is 25.6 Å². The van der Waals surface area contributed by atoms with Crippen LogP contribution in [0.25, 0.3) is 11.2 Å². The van der Waals surface area contributed by atoms with Crippen molar-refractivity contribution in [2.24, 2.45) is 0 Å². The number of ether oxygens (including phenoxy) is 7. The molecule has 0 bridgehead atoms. The lowest BCUT2D eigenvalue weighted by Gasteiger charge is -2.35. The van der Waals surface area contributed by atoms with E-state index in [4.69, 9.17) is 47.9 Å². The molecule has 1 aliphatic rings. The number of nitrogen functional groups attached to an aromatic ring is 1. The van der Waals surface area contributed by atoms with Gasteiger partial charge in [0, 0.05) is 34.6 Å². The van der Waals surface area contributed by atoms with Crippen LogP contribution in [0.4, 0.5) is 5.82 Å². The van der Waals surface area contributed by atoms with E-state index in [9.17, 15) is 53.1 Å². The van der Waals surface area contributed by atoms with Gasteiger partial charge >= 0.3 is 45.5 Å². The predicted octanol–water partition coefficient (Wildman–Crippen LogP) is -1.07. The zero-order valence-electron chi connectivity index (χ0n) is 30.5. The third kappa shape index (κ3) is 13.5. The summed E-state index contributed by atoms with van der Waals surface area (Å²) in [7, 11) is -11.7. The Balaban J connectivity index is 1.88. The highest BCUT2D eigenvalue weighted by molar-refractivity contribution is 7.61. The fourth-order valence-corrected chi connectivity index (χ4v) is 7.15. The number of aliphatic hydroxyl groups excluding tert-OH is 2. The van der Waals surface area contributed by atoms with Crippen LogP contribution in [0.3, 0.4) is 0 Å². The molecule has 0 spiro atoms. The van der Waals surface area contributed by atoms with Crippen molar-refractivity contribution in [3.05, 3.63) is 12.7 Å². The number of carbonyl (C=O) groups excluding carboxylic acids is 5. The van der Waals surface area contributed by atoms with E-state index in [-0.39, 0.29) is 17.0 Å². The minimum atomic E-state index is -5.98. The van der Waals surface area contributed by atoms with Crippen LogP contribution in [0.15, 0.2) is 12.7 Å². The number of anilines is 1. The van der Waals surface area contributed by atoms with Crippen LogP contribution in [-0.2, 0) is 79.6 Å². The number of fused-ring (bicyclic) bond motifs is 1. The second-order valence-electron chi connectivity index (χ2n) is 11.7. The molecule has 1 aliphatic heterocycles. The Labute approximate surface area is 316 Å². The van der Waals surface area contributed by atoms with Crippen LogP contribution in [0, 0.1) is 0 Å². The molecule has 0 aromatic carbocycles. The van der Waals surface area contributed by atoms with E-state index >= 15 is 0 Å². The summed E-state index contributed by atoms with van der Waals surface area (Å²) < 4.78 is 78.1. The van der Waals surface area contributed by atoms with E-state index in [1.54, 1.807) is 0 Å². The Hall–Kier alpha value is -4.20. The van der Waals surface area contributed by atoms with Gasteiger partial charge in [0.2, 0.25) is 6.29 Å². The lowest BCUT2D eigenvalue weighted by molar-refractivity contribution is -0.242. The Morgan fingerprint density at radius 3 is 1.98 bits per heavy atom. The summed E-state index contributed by atoms with van der Waals surface area (Å²) >= 11 is 0. The molecule has 2 aromatic heterocycles. The van der Waals surface area contributed by atoms with Crippen molar-refractivity contribution in [3.63, 3.8) is 0 Å². The lowest BCUT2D eigenvalue weighted by atomic mass is 10.1. The smallest absolute Gasteiger partial charge is 0.462 e. The van der Waals surface area contributed by atoms with Crippen LogP contribution in [-0.4, -0.2) is 138 Å². The molecule has 1 fully saturated rings. The minimum absolute atomic E-state index is 0.00507. The fraction of sp³-hybridized carbons (Fsp3) is 0.643. The van der Waals surface area contributed by atoms with Gasteiger partial charge in [0.05, 0.1) is 12.9 Å². The van der Waals surface area contributed by atoms with Gasteiger partial charge in [0.1, 0.15) is 55.6 Å². The molecule has 3 heterocycles. The van der Waals surface area contributed by atoms with Crippen LogP contribution in [0.1, 0.15) is 47.8 Å². The minimum Gasteiger partial charge on any atom is -0.462 e. The topological polar surface area (TPSA) is 362 Å². The number of aromatic nitrogens is 4. The highest BCUT2D eigenvalue weighted by Gasteiger charge is 2.48. The van der Waals surface area contributed by atoms with Crippen molar-refractivity contribution in [1.82, 2.24) is 19.5 Å². The molecular weight excluding hydrogens is 804 g/mol. The van der Waals surface area contributed by atoms with Gasteiger partial charge in [0.25, 0.3) is 0 Å². The number of rotatable bonds is 20. The molecule has 6 N–H and O–H groups in total. The summed E-state index contributed by atoms with van der Waals surface area (Å²) in [6.07, 6.45) is -13.7. The number of nitrogens with two attached hydrogens (primary N) is 1. The number of nitrogens with zero attached hydrogens (tertiary/aromatic N) is 4. The maximum absolute atomic E-state index is 13.3. The highest BCUT2D eigenvalue weighted by Crippen LogP contribution is 2.61. The summed E-state index contributed by atoms with van der Waals surface area (Å²) in [5, 5.41) is 21.3. The number of hydrogen-bond acceptors (Lipinski definition) is 23. The predicted molar refractivity (Wildman–Crippen MR) is 178 cm³/mol. The Bertz CT molecular complexity index is 1830. The fourth-order valence-electron chi connectivity index (χ4n) is 4.98. The molecule has 0 radical (unpaired) electrons. The number of phosphoric acid groups is 2. The summed E-state index contributed by atoms with van der Waals surface area (Å²) in [6.45, 7) is 3.13. The summed E-state index contributed by atoms with van der Waals surface area (Å²) in [5.41, 5.74) is 6.01. The van der Waals surface area contributed by atoms with E-state index in [2.05, 4.69) is 19.3 Å². The van der Waals surface area contributed by atoms with Gasteiger partial charge in [-0.2, -0.15) is 4.31 Å². The van der Waals surface area contributed by atoms with Gasteiger partial charge < -0.3 is 58.9 Å². The molecule has 28 heteroatoms. The molecule has 314 valence electrons. The van der Waals surface area contributed by atoms with Crippen molar-refractivity contribution in [2.45, 2.75) is 96.8 Å². The largest absolute Gasteiger partial charge is 0.483 e. The number of imidazole rings is 1. The SMILES string of the molecule is CC(=O)OC[C@H](OC(C)=O)C(OC(OP(=O)(O)OP(=O)(O)OCC1OC(n2cnc3c(N)ncnc32)C(O)C1O)[C@@H](COC(C)=O)OC(C)=O)[C@H](C)OC(C)=O. The van der Waals surface area contributed by atoms with Crippen LogP contribution in [0.5, 0.6) is 0 Å². The van der Waals surface area contributed by atoms with Crippen molar-refractivity contribution in [3.8, 4) is 0 Å². The second-order valence-corrected chi connectivity index (χ2v) is 14.7. The van der Waals surface area contributed by atoms with E-state index in [0.29, 0.717) is 0 Å². The van der Waals surface area contributed by atoms with Crippen LogP contribution in [0.2, 0.25) is 0 Å². The normalized spacial score (nSPS) is 23.0. The van der Waals surface area contributed by atoms with Crippen molar-refractivity contribution < 1.29 is 99.6 Å². The van der Waals surface area contributed by atoms with Gasteiger partial charge in [-0.05, 0) is 6.92 Å². The third-order valence-corrected chi connectivity index (χ3v) is 9.76. The zero-order valence-corrected chi connectivity index (χ0v) is 32.3. The van der Waals surface area contributed by atoms with E-state index in [1.807, 2.05) is 0 Å². The molecule has 2 aromatic rings. The third-order valence-electron chi connectivity index (χ3n) is 7.16. The average molecular weight is 846 g/mol. The van der Waals surface area contributed by atoms with Gasteiger partial charge in [-0.15, -0.1) is 0 Å². The Morgan fingerprint density at radius 1 is 0.839 bits per heavy atom. The second kappa shape index (κ2) is 19.8. The number of hydrogen-bond donors (Lipinski definition) is 5. The number of carbonyl (C=O) groups is 5. The molecule has 56 heavy (non-hydrogen) atoms. The molecular formula is C28H41N5O21P2. The quantitative estimate of drug-likeness (QED) is 0.0458. The van der Waals surface area contributed by atoms with Crippen molar-refractivity contribution >= 4 is 62.5 Å². The summed E-state index contributed by atoms with van der Waals surface area (Å²) in [6, 6.07) is 0. The van der Waals surface area contributed by atoms with Gasteiger partial charge in [0.15, 0.2) is 29.9 Å². The molecule has 8 unspecified atom stereocenters. The lowest BCUT2D eigenvalue weighted by Crippen LogP contribution is -2.50. The van der Waals surface area contributed by atoms with Crippen LogP contribution < -0.4 is 5.73 Å². The van der Waals surface area contributed by atoms with E-state index in [0.717, 1.165) is 40.9 Å². The Kier molecular flexibility index (Phi) is 16.3. The van der Waals surface area contributed by atoms with Gasteiger partial charge in [-0.25, -0.2) is 24.1 Å². The standard InChI is InChI=1S/C28H41N5O21P2/c1-12(48-15(4)36)24(19(49-16(5)37)7-45-13(2)34)52-28(20(50-17(6)38)8-46-14(3)35)53-56(43,44)54-55(41,42)47-9-18-22(39)23(40)27(51-18)33-11-32-21-25(29)30-10-31-26(21)33/h10-12,18-20,22-24,27-28,39-40H,7-9H2,1-6H3,(H,41,42)(H,43,44)(H2,29,30,31)/t12-,18?,19-,20+,22?,23?,24?,27?,28?/m0/s1. The van der Waals surface area contributed by atoms with Crippen molar-refractivity contribution in [1.29, 1.82) is 0 Å². The Morgan fingerprint density at radius 2 is 1.41 bits per heavy atom. The molecule has 11 atom stereocenters. The summed E-state index contributed by atoms with van der Waals surface area (Å²) in [5.74, 6) is -4.85. The first kappa shape index (κ1) is 46.2. The van der Waals surface area contributed by atoms with E-state index in [1.165, 1.54) is 17.8 Å². The number of phosphoric ester groups is 2. The average Bonchev–Trinajstić information content (AvgIpc) is 3.61. The zero-order chi connectivity index (χ0) is 42.1. The maximum atomic E-state index is 13.3. The molecule has 0 saturated carbocycles. The first-order valence-corrected chi connectivity index (χ1v) is 19.1. The monoisotopic (exact) mass is 845 g/mol. The molecule has 1 saturated heterocycles. The van der Waals surface area contributed by atoms with Crippen LogP contribution >= 0.6 is 15.6 Å². The van der Waals surface area contributed by atoms with E-state index < -0.39 is 121 Å².